The highest BCUT2D eigenvalue weighted by Crippen LogP contribution is 2.23. The van der Waals surface area contributed by atoms with E-state index < -0.39 is 6.09 Å². The third kappa shape index (κ3) is 4.39. The van der Waals surface area contributed by atoms with Gasteiger partial charge in [0, 0.05) is 27.6 Å². The molecule has 0 spiro atoms. The fraction of sp³-hybridized carbons (Fsp3) is 0.0455. The van der Waals surface area contributed by atoms with Gasteiger partial charge in [0.15, 0.2) is 5.78 Å². The Labute approximate surface area is 176 Å². The molecule has 0 unspecified atom stereocenters. The summed E-state index contributed by atoms with van der Waals surface area (Å²) >= 11 is 1.31. The van der Waals surface area contributed by atoms with Gasteiger partial charge in [-0.25, -0.2) is 9.78 Å². The number of anilines is 1. The Kier molecular flexibility index (Phi) is 5.58. The Hall–Kier alpha value is -3.91. The number of allylic oxidation sites excluding steroid dienone is 1. The number of ether oxygens (including phenoxy) is 1. The minimum absolute atomic E-state index is 0.159. The number of carbonyl (C=O) groups is 2. The lowest BCUT2D eigenvalue weighted by Crippen LogP contribution is -2.10. The maximum atomic E-state index is 12.4. The van der Waals surface area contributed by atoms with Crippen molar-refractivity contribution in [3.63, 3.8) is 0 Å². The second-order valence-corrected chi connectivity index (χ2v) is 6.94. The number of rotatable bonds is 5. The first-order valence-electron chi connectivity index (χ1n) is 8.98. The number of ketones is 1. The molecular weight excluding hydrogens is 400 g/mol. The minimum atomic E-state index is -0.563. The van der Waals surface area contributed by atoms with Crippen LogP contribution in [0.4, 0.5) is 10.5 Å². The van der Waals surface area contributed by atoms with Crippen LogP contribution < -0.4 is 5.32 Å². The van der Waals surface area contributed by atoms with Gasteiger partial charge in [0.1, 0.15) is 5.69 Å². The molecule has 1 amide bonds. The van der Waals surface area contributed by atoms with E-state index in [2.05, 4.69) is 24.6 Å². The number of carbonyl (C=O) groups excluding carboxylic acids is 2. The first-order chi connectivity index (χ1) is 14.6. The highest BCUT2D eigenvalue weighted by molar-refractivity contribution is 7.03. The third-order valence-corrected chi connectivity index (χ3v) is 4.88. The number of pyridine rings is 1. The van der Waals surface area contributed by atoms with Crippen LogP contribution >= 0.6 is 11.5 Å². The smallest absolute Gasteiger partial charge is 0.411 e. The molecule has 148 valence electrons. The fourth-order valence-electron chi connectivity index (χ4n) is 2.83. The number of benzene rings is 2. The number of fused-ring (bicyclic) bond motifs is 1. The van der Waals surface area contributed by atoms with Gasteiger partial charge in [-0.3, -0.25) is 10.1 Å². The number of hydrogen-bond acceptors (Lipinski definition) is 7. The first-order valence-corrected chi connectivity index (χ1v) is 9.82. The molecule has 0 atom stereocenters. The Morgan fingerprint density at radius 2 is 1.90 bits per heavy atom. The van der Waals surface area contributed by atoms with Gasteiger partial charge in [-0.2, -0.15) is 0 Å². The second kappa shape index (κ2) is 8.62. The predicted octanol–water partition coefficient (Wildman–Crippen LogP) is 4.83. The van der Waals surface area contributed by atoms with Gasteiger partial charge >= 0.3 is 6.09 Å². The standard InChI is InChI=1S/C22H16N4O3S/c1-29-22(28)24-18-6-2-14(3-7-18)21(27)11-9-17-8-4-15-12-16(5-10-19(15)23-17)20-13-30-26-25-20/h2-13H,1H3,(H,24,28). The highest BCUT2D eigenvalue weighted by atomic mass is 32.1. The summed E-state index contributed by atoms with van der Waals surface area (Å²) < 4.78 is 8.43. The zero-order valence-electron chi connectivity index (χ0n) is 15.9. The fourth-order valence-corrected chi connectivity index (χ4v) is 3.29. The van der Waals surface area contributed by atoms with E-state index in [-0.39, 0.29) is 5.78 Å². The minimum Gasteiger partial charge on any atom is -0.453 e. The number of methoxy groups -OCH3 is 1. The van der Waals surface area contributed by atoms with Crippen molar-refractivity contribution in [2.24, 2.45) is 0 Å². The van der Waals surface area contributed by atoms with Crippen LogP contribution in [-0.4, -0.2) is 33.6 Å². The predicted molar refractivity (Wildman–Crippen MR) is 116 cm³/mol. The molecule has 30 heavy (non-hydrogen) atoms. The van der Waals surface area contributed by atoms with E-state index in [0.29, 0.717) is 16.9 Å². The zero-order chi connectivity index (χ0) is 20.9. The second-order valence-electron chi connectivity index (χ2n) is 6.33. The van der Waals surface area contributed by atoms with Crippen molar-refractivity contribution in [3.8, 4) is 11.3 Å². The number of nitrogens with one attached hydrogen (secondary N) is 1. The number of nitrogens with zero attached hydrogens (tertiary/aromatic N) is 3. The molecule has 2 aromatic carbocycles. The van der Waals surface area contributed by atoms with E-state index in [9.17, 15) is 9.59 Å². The average molecular weight is 416 g/mol. The maximum Gasteiger partial charge on any atom is 0.411 e. The van der Waals surface area contributed by atoms with Gasteiger partial charge < -0.3 is 4.74 Å². The van der Waals surface area contributed by atoms with E-state index in [4.69, 9.17) is 0 Å². The van der Waals surface area contributed by atoms with Crippen LogP contribution in [0.25, 0.3) is 28.2 Å². The van der Waals surface area contributed by atoms with E-state index >= 15 is 0 Å². The van der Waals surface area contributed by atoms with Crippen molar-refractivity contribution >= 4 is 46.1 Å². The van der Waals surface area contributed by atoms with Crippen LogP contribution in [0.15, 0.2) is 66.1 Å². The van der Waals surface area contributed by atoms with E-state index in [1.54, 1.807) is 30.3 Å². The van der Waals surface area contributed by atoms with E-state index in [0.717, 1.165) is 22.2 Å². The monoisotopic (exact) mass is 416 g/mol. The van der Waals surface area contributed by atoms with Crippen molar-refractivity contribution in [1.82, 2.24) is 14.6 Å². The number of amides is 1. The summed E-state index contributed by atoms with van der Waals surface area (Å²) in [7, 11) is 1.29. The molecule has 0 radical (unpaired) electrons. The quantitative estimate of drug-likeness (QED) is 0.370. The van der Waals surface area contributed by atoms with Gasteiger partial charge in [-0.05, 0) is 66.1 Å². The summed E-state index contributed by atoms with van der Waals surface area (Å²) in [6, 6.07) is 16.3. The number of aromatic nitrogens is 3. The van der Waals surface area contributed by atoms with Crippen LogP contribution in [-0.2, 0) is 4.74 Å². The highest BCUT2D eigenvalue weighted by Gasteiger charge is 2.06. The van der Waals surface area contributed by atoms with Crippen LogP contribution in [0.5, 0.6) is 0 Å². The van der Waals surface area contributed by atoms with E-state index in [1.165, 1.54) is 24.7 Å². The summed E-state index contributed by atoms with van der Waals surface area (Å²) in [5.41, 5.74) is 4.39. The molecule has 0 aliphatic carbocycles. The molecule has 0 saturated carbocycles. The molecule has 7 nitrogen and oxygen atoms in total. The topological polar surface area (TPSA) is 94.1 Å². The molecule has 4 rings (SSSR count). The van der Waals surface area contributed by atoms with Crippen molar-refractivity contribution < 1.29 is 14.3 Å². The van der Waals surface area contributed by atoms with Crippen LogP contribution in [0.2, 0.25) is 0 Å². The van der Waals surface area contributed by atoms with Gasteiger partial charge in [-0.15, -0.1) is 5.10 Å². The molecule has 0 bridgehead atoms. The first kappa shape index (κ1) is 19.4. The largest absolute Gasteiger partial charge is 0.453 e. The molecular formula is C22H16N4O3S. The molecule has 0 saturated heterocycles. The van der Waals surface area contributed by atoms with Gasteiger partial charge in [-0.1, -0.05) is 16.6 Å². The molecule has 0 aliphatic rings. The lowest BCUT2D eigenvalue weighted by atomic mass is 10.1. The Bertz CT molecular complexity index is 1240. The summed E-state index contributed by atoms with van der Waals surface area (Å²) in [6.07, 6.45) is 2.60. The lowest BCUT2D eigenvalue weighted by Gasteiger charge is -2.04. The summed E-state index contributed by atoms with van der Waals surface area (Å²) in [4.78, 5) is 28.2. The van der Waals surface area contributed by atoms with Crippen LogP contribution in [0, 0.1) is 0 Å². The maximum absolute atomic E-state index is 12.4. The molecule has 4 aromatic rings. The Balaban J connectivity index is 1.48. The molecule has 0 aliphatic heterocycles. The molecule has 8 heteroatoms. The lowest BCUT2D eigenvalue weighted by molar-refractivity contribution is 0.104. The van der Waals surface area contributed by atoms with Crippen molar-refractivity contribution in [1.29, 1.82) is 0 Å². The number of hydrogen-bond donors (Lipinski definition) is 1. The van der Waals surface area contributed by atoms with Gasteiger partial charge in [0.25, 0.3) is 0 Å². The third-order valence-electron chi connectivity index (χ3n) is 4.37. The average Bonchev–Trinajstić information content (AvgIpc) is 3.32. The molecule has 2 heterocycles. The van der Waals surface area contributed by atoms with Crippen LogP contribution in [0.1, 0.15) is 16.1 Å². The zero-order valence-corrected chi connectivity index (χ0v) is 16.7. The molecule has 0 fully saturated rings. The summed E-state index contributed by atoms with van der Waals surface area (Å²) in [5.74, 6) is -0.159. The normalized spacial score (nSPS) is 11.0. The van der Waals surface area contributed by atoms with Gasteiger partial charge in [0.2, 0.25) is 0 Å². The van der Waals surface area contributed by atoms with Crippen molar-refractivity contribution in [3.05, 3.63) is 77.3 Å². The van der Waals surface area contributed by atoms with E-state index in [1.807, 2.05) is 35.7 Å². The summed E-state index contributed by atoms with van der Waals surface area (Å²) in [5, 5.41) is 9.51. The van der Waals surface area contributed by atoms with Crippen molar-refractivity contribution in [2.75, 3.05) is 12.4 Å². The van der Waals surface area contributed by atoms with Crippen LogP contribution in [0.3, 0.4) is 0 Å². The Morgan fingerprint density at radius 3 is 2.63 bits per heavy atom. The molecule has 2 aromatic heterocycles. The molecule has 1 N–H and O–H groups in total. The Morgan fingerprint density at radius 1 is 1.07 bits per heavy atom. The summed E-state index contributed by atoms with van der Waals surface area (Å²) in [6.45, 7) is 0. The van der Waals surface area contributed by atoms with Crippen molar-refractivity contribution in [2.45, 2.75) is 0 Å². The van der Waals surface area contributed by atoms with Gasteiger partial charge in [0.05, 0.1) is 18.3 Å². The SMILES string of the molecule is COC(=O)Nc1ccc(C(=O)C=Cc2ccc3cc(-c4csnn4)ccc3n2)cc1.